The molecule has 1 unspecified atom stereocenters. The highest BCUT2D eigenvalue weighted by molar-refractivity contribution is 6.31. The minimum atomic E-state index is -4.79. The summed E-state index contributed by atoms with van der Waals surface area (Å²) in [5.74, 6) is -1.04. The van der Waals surface area contributed by atoms with Crippen molar-refractivity contribution < 1.29 is 32.2 Å². The first-order valence-corrected chi connectivity index (χ1v) is 15.1. The van der Waals surface area contributed by atoms with Gasteiger partial charge in [0.25, 0.3) is 0 Å². The number of ether oxygens (including phenoxy) is 2. The van der Waals surface area contributed by atoms with Crippen molar-refractivity contribution in [2.75, 3.05) is 31.1 Å². The SMILES string of the molecule is CCOC(=O)c1cnn(C2CCCN(c3cc(Cl)ccc3-c3ccc4c(c3)CCN(C(=O)OC(C)(C)C)C4)C2)c1C(F)(F)F. The molecule has 236 valence electrons. The van der Waals surface area contributed by atoms with Crippen molar-refractivity contribution in [3.8, 4) is 11.1 Å². The van der Waals surface area contributed by atoms with E-state index in [0.717, 1.165) is 38.8 Å². The summed E-state index contributed by atoms with van der Waals surface area (Å²) in [5.41, 5.74) is 2.56. The van der Waals surface area contributed by atoms with E-state index in [0.29, 0.717) is 43.9 Å². The second kappa shape index (κ2) is 12.3. The number of hydrogen-bond donors (Lipinski definition) is 0. The zero-order valence-electron chi connectivity index (χ0n) is 25.2. The van der Waals surface area contributed by atoms with E-state index in [1.54, 1.807) is 17.9 Å². The molecule has 0 aliphatic carbocycles. The van der Waals surface area contributed by atoms with Crippen LogP contribution >= 0.6 is 11.6 Å². The molecule has 12 heteroatoms. The first-order chi connectivity index (χ1) is 20.7. The van der Waals surface area contributed by atoms with E-state index in [1.165, 1.54) is 0 Å². The molecule has 2 aliphatic rings. The van der Waals surface area contributed by atoms with Crippen molar-refractivity contribution in [3.63, 3.8) is 0 Å². The molecule has 0 bridgehead atoms. The molecule has 3 aromatic rings. The molecule has 44 heavy (non-hydrogen) atoms. The third-order valence-corrected chi connectivity index (χ3v) is 8.02. The van der Waals surface area contributed by atoms with Gasteiger partial charge in [-0.1, -0.05) is 35.9 Å². The summed E-state index contributed by atoms with van der Waals surface area (Å²) in [6.07, 6.45) is -2.43. The summed E-state index contributed by atoms with van der Waals surface area (Å²) in [4.78, 5) is 28.7. The number of carbonyl (C=O) groups excluding carboxylic acids is 2. The summed E-state index contributed by atoms with van der Waals surface area (Å²) < 4.78 is 54.0. The minimum Gasteiger partial charge on any atom is -0.462 e. The smallest absolute Gasteiger partial charge is 0.433 e. The first kappa shape index (κ1) is 31.7. The van der Waals surface area contributed by atoms with E-state index >= 15 is 0 Å². The highest BCUT2D eigenvalue weighted by Crippen LogP contribution is 2.40. The number of alkyl halides is 3. The van der Waals surface area contributed by atoms with Gasteiger partial charge in [0.2, 0.25) is 0 Å². The van der Waals surface area contributed by atoms with Crippen molar-refractivity contribution in [1.29, 1.82) is 0 Å². The first-order valence-electron chi connectivity index (χ1n) is 14.7. The fraction of sp³-hybridized carbons (Fsp3) is 0.469. The lowest BCUT2D eigenvalue weighted by Gasteiger charge is -2.36. The number of carbonyl (C=O) groups is 2. The number of fused-ring (bicyclic) bond motifs is 1. The average molecular weight is 633 g/mol. The van der Waals surface area contributed by atoms with E-state index in [2.05, 4.69) is 11.2 Å². The molecule has 1 fully saturated rings. The Labute approximate surface area is 259 Å². The second-order valence-electron chi connectivity index (χ2n) is 12.1. The largest absolute Gasteiger partial charge is 0.462 e. The van der Waals surface area contributed by atoms with Crippen LogP contribution in [-0.2, 0) is 28.6 Å². The molecule has 0 saturated carbocycles. The van der Waals surface area contributed by atoms with Gasteiger partial charge in [-0.15, -0.1) is 0 Å². The highest BCUT2D eigenvalue weighted by Gasteiger charge is 2.42. The van der Waals surface area contributed by atoms with E-state index in [1.807, 2.05) is 49.9 Å². The number of piperidine rings is 1. The Morgan fingerprint density at radius 1 is 1.07 bits per heavy atom. The molecule has 3 heterocycles. The van der Waals surface area contributed by atoms with Gasteiger partial charge in [-0.2, -0.15) is 18.3 Å². The van der Waals surface area contributed by atoms with Crippen LogP contribution in [0.5, 0.6) is 0 Å². The lowest BCUT2D eigenvalue weighted by atomic mass is 9.93. The van der Waals surface area contributed by atoms with Gasteiger partial charge in [-0.25, -0.2) is 9.59 Å². The number of esters is 1. The van der Waals surface area contributed by atoms with Gasteiger partial charge in [0.1, 0.15) is 11.2 Å². The zero-order chi connectivity index (χ0) is 31.8. The minimum absolute atomic E-state index is 0.0409. The Balaban J connectivity index is 1.42. The number of hydrogen-bond acceptors (Lipinski definition) is 6. The molecule has 5 rings (SSSR count). The van der Waals surface area contributed by atoms with Crippen LogP contribution in [-0.4, -0.2) is 58.6 Å². The molecule has 2 aromatic carbocycles. The Hall–Kier alpha value is -3.73. The number of nitrogens with zero attached hydrogens (tertiary/aromatic N) is 4. The van der Waals surface area contributed by atoms with Crippen LogP contribution in [0.3, 0.4) is 0 Å². The van der Waals surface area contributed by atoms with Crippen molar-refractivity contribution in [2.45, 2.75) is 71.3 Å². The zero-order valence-corrected chi connectivity index (χ0v) is 26.0. The second-order valence-corrected chi connectivity index (χ2v) is 12.5. The quantitative estimate of drug-likeness (QED) is 0.271. The normalized spacial score (nSPS) is 17.3. The fourth-order valence-corrected chi connectivity index (χ4v) is 6.03. The predicted molar refractivity (Wildman–Crippen MR) is 161 cm³/mol. The number of halogens is 4. The monoisotopic (exact) mass is 632 g/mol. The Bertz CT molecular complexity index is 1550. The molecule has 1 saturated heterocycles. The van der Waals surface area contributed by atoms with Crippen LogP contribution in [0.1, 0.15) is 73.8 Å². The number of benzene rings is 2. The highest BCUT2D eigenvalue weighted by atomic mass is 35.5. The van der Waals surface area contributed by atoms with Crippen molar-refractivity contribution in [3.05, 3.63) is 70.0 Å². The van der Waals surface area contributed by atoms with Gasteiger partial charge in [-0.05, 0) is 75.8 Å². The molecular formula is C32H36ClF3N4O4. The molecule has 8 nitrogen and oxygen atoms in total. The Morgan fingerprint density at radius 2 is 1.84 bits per heavy atom. The topological polar surface area (TPSA) is 76.9 Å². The fourth-order valence-electron chi connectivity index (χ4n) is 5.87. The summed E-state index contributed by atoms with van der Waals surface area (Å²) in [5, 5.41) is 4.54. The van der Waals surface area contributed by atoms with Crippen LogP contribution in [0.2, 0.25) is 5.02 Å². The molecule has 0 N–H and O–H groups in total. The lowest BCUT2D eigenvalue weighted by molar-refractivity contribution is -0.145. The predicted octanol–water partition coefficient (Wildman–Crippen LogP) is 7.53. The maximum absolute atomic E-state index is 14.2. The van der Waals surface area contributed by atoms with Gasteiger partial charge in [-0.3, -0.25) is 4.68 Å². The summed E-state index contributed by atoms with van der Waals surface area (Å²) >= 11 is 6.44. The lowest BCUT2D eigenvalue weighted by Crippen LogP contribution is -2.39. The Kier molecular flexibility index (Phi) is 8.89. The number of aromatic nitrogens is 2. The molecule has 0 spiro atoms. The molecule has 0 radical (unpaired) electrons. The molecule has 2 aliphatic heterocycles. The van der Waals surface area contributed by atoms with Crippen LogP contribution in [0.15, 0.2) is 42.6 Å². The maximum atomic E-state index is 14.2. The number of amides is 1. The molecule has 1 aromatic heterocycles. The van der Waals surface area contributed by atoms with Gasteiger partial charge in [0, 0.05) is 42.5 Å². The molecule has 1 atom stereocenters. The van der Waals surface area contributed by atoms with Gasteiger partial charge < -0.3 is 19.3 Å². The molecule has 1 amide bonds. The third kappa shape index (κ3) is 6.82. The Morgan fingerprint density at radius 3 is 2.55 bits per heavy atom. The van der Waals surface area contributed by atoms with Crippen molar-refractivity contribution in [1.82, 2.24) is 14.7 Å². The third-order valence-electron chi connectivity index (χ3n) is 7.78. The average Bonchev–Trinajstić information content (AvgIpc) is 3.43. The van der Waals surface area contributed by atoms with Crippen LogP contribution in [0.4, 0.5) is 23.7 Å². The van der Waals surface area contributed by atoms with Gasteiger partial charge >= 0.3 is 18.2 Å². The maximum Gasteiger partial charge on any atom is 0.433 e. The van der Waals surface area contributed by atoms with E-state index in [4.69, 9.17) is 21.1 Å². The van der Waals surface area contributed by atoms with Crippen LogP contribution in [0.25, 0.3) is 11.1 Å². The summed E-state index contributed by atoms with van der Waals surface area (Å²) in [6, 6.07) is 11.0. The standard InChI is InChI=1S/C32H36ClF3N4O4/c1-5-43-29(41)26-17-37-40(28(26)32(34,35)36)24-7-6-13-38(19-24)27-16-23(33)10-11-25(27)21-8-9-22-18-39(14-12-20(22)15-21)30(42)44-31(2,3)4/h8-11,15-17,24H,5-7,12-14,18-19H2,1-4H3. The number of rotatable bonds is 5. The van der Waals surface area contributed by atoms with E-state index in [-0.39, 0.29) is 19.2 Å². The van der Waals surface area contributed by atoms with E-state index in [9.17, 15) is 22.8 Å². The van der Waals surface area contributed by atoms with Crippen LogP contribution in [0, 0.1) is 0 Å². The van der Waals surface area contributed by atoms with E-state index < -0.39 is 35.0 Å². The van der Waals surface area contributed by atoms with Crippen molar-refractivity contribution >= 4 is 29.4 Å². The summed E-state index contributed by atoms with van der Waals surface area (Å²) in [7, 11) is 0. The van der Waals surface area contributed by atoms with Crippen molar-refractivity contribution in [2.24, 2.45) is 0 Å². The summed E-state index contributed by atoms with van der Waals surface area (Å²) in [6.45, 7) is 8.87. The van der Waals surface area contributed by atoms with Gasteiger partial charge in [0.15, 0.2) is 5.69 Å². The molecular weight excluding hydrogens is 597 g/mol. The number of anilines is 1. The van der Waals surface area contributed by atoms with Crippen LogP contribution < -0.4 is 4.90 Å². The van der Waals surface area contributed by atoms with Gasteiger partial charge in [0.05, 0.1) is 18.8 Å².